The van der Waals surface area contributed by atoms with Gasteiger partial charge < -0.3 is 10.4 Å². The summed E-state index contributed by atoms with van der Waals surface area (Å²) in [4.78, 5) is 0. The second-order valence-electron chi connectivity index (χ2n) is 6.37. The lowest BCUT2D eigenvalue weighted by Gasteiger charge is -2.27. The maximum Gasteiger partial charge on any atom is 0.0540 e. The van der Waals surface area contributed by atoms with Gasteiger partial charge in [-0.1, -0.05) is 42.5 Å². The number of nitrogens with one attached hydrogen (secondary N) is 1. The Hall–Kier alpha value is -1.38. The third-order valence-electron chi connectivity index (χ3n) is 4.82. The molecule has 1 unspecified atom stereocenters. The molecule has 21 heavy (non-hydrogen) atoms. The van der Waals surface area contributed by atoms with E-state index in [0.717, 1.165) is 32.2 Å². The van der Waals surface area contributed by atoms with E-state index in [0.29, 0.717) is 12.0 Å². The van der Waals surface area contributed by atoms with Crippen LogP contribution in [0.15, 0.2) is 42.5 Å². The van der Waals surface area contributed by atoms with E-state index in [1.807, 2.05) is 0 Å². The summed E-state index contributed by atoms with van der Waals surface area (Å²) in [5.74, 6) is 0.714. The summed E-state index contributed by atoms with van der Waals surface area (Å²) in [6.45, 7) is 3.30. The molecule has 3 rings (SSSR count). The number of hydrogen-bond donors (Lipinski definition) is 2. The molecule has 0 amide bonds. The SMILES string of the molecule is CC(NCC1CCC(O)CC1)c1cccc2ccccc12. The molecule has 0 aromatic heterocycles. The molecule has 1 aliphatic rings. The van der Waals surface area contributed by atoms with Gasteiger partial charge in [-0.15, -0.1) is 0 Å². The molecule has 2 N–H and O–H groups in total. The lowest BCUT2D eigenvalue weighted by molar-refractivity contribution is 0.108. The monoisotopic (exact) mass is 283 g/mol. The smallest absolute Gasteiger partial charge is 0.0540 e. The van der Waals surface area contributed by atoms with E-state index in [9.17, 15) is 5.11 Å². The molecule has 0 radical (unpaired) electrons. The first-order chi connectivity index (χ1) is 10.2. The molecular weight excluding hydrogens is 258 g/mol. The molecule has 1 fully saturated rings. The maximum atomic E-state index is 9.58. The van der Waals surface area contributed by atoms with Gasteiger partial charge in [-0.25, -0.2) is 0 Å². The molecule has 2 heteroatoms. The second-order valence-corrected chi connectivity index (χ2v) is 6.37. The zero-order valence-corrected chi connectivity index (χ0v) is 12.8. The summed E-state index contributed by atoms with van der Waals surface area (Å²) in [6, 6.07) is 15.5. The van der Waals surface area contributed by atoms with Crippen LogP contribution in [0, 0.1) is 5.92 Å². The summed E-state index contributed by atoms with van der Waals surface area (Å²) >= 11 is 0. The van der Waals surface area contributed by atoms with Crippen molar-refractivity contribution in [3.8, 4) is 0 Å². The summed E-state index contributed by atoms with van der Waals surface area (Å²) in [5, 5.41) is 15.9. The van der Waals surface area contributed by atoms with E-state index < -0.39 is 0 Å². The van der Waals surface area contributed by atoms with E-state index in [-0.39, 0.29) is 6.10 Å². The summed E-state index contributed by atoms with van der Waals surface area (Å²) in [6.07, 6.45) is 4.17. The highest BCUT2D eigenvalue weighted by atomic mass is 16.3. The first kappa shape index (κ1) is 14.6. The highest BCUT2D eigenvalue weighted by Crippen LogP contribution is 2.26. The highest BCUT2D eigenvalue weighted by molar-refractivity contribution is 5.86. The van der Waals surface area contributed by atoms with Crippen LogP contribution in [0.25, 0.3) is 10.8 Å². The molecule has 0 heterocycles. The Morgan fingerprint density at radius 3 is 2.57 bits per heavy atom. The van der Waals surface area contributed by atoms with Gasteiger partial charge in [0.2, 0.25) is 0 Å². The van der Waals surface area contributed by atoms with Crippen molar-refractivity contribution in [2.24, 2.45) is 5.92 Å². The minimum absolute atomic E-state index is 0.0586. The second kappa shape index (κ2) is 6.59. The lowest BCUT2D eigenvalue weighted by Crippen LogP contribution is -2.29. The number of benzene rings is 2. The Morgan fingerprint density at radius 1 is 1.05 bits per heavy atom. The largest absolute Gasteiger partial charge is 0.393 e. The fourth-order valence-corrected chi connectivity index (χ4v) is 3.43. The van der Waals surface area contributed by atoms with Crippen LogP contribution in [0.5, 0.6) is 0 Å². The molecule has 0 aliphatic heterocycles. The van der Waals surface area contributed by atoms with Crippen LogP contribution in [0.2, 0.25) is 0 Å². The van der Waals surface area contributed by atoms with E-state index in [1.165, 1.54) is 16.3 Å². The first-order valence-corrected chi connectivity index (χ1v) is 8.13. The predicted octanol–water partition coefficient (Wildman–Crippen LogP) is 4.04. The molecule has 0 bridgehead atoms. The lowest BCUT2D eigenvalue weighted by atomic mass is 9.87. The van der Waals surface area contributed by atoms with Crippen LogP contribution >= 0.6 is 0 Å². The van der Waals surface area contributed by atoms with Gasteiger partial charge in [0.1, 0.15) is 0 Å². The Balaban J connectivity index is 1.65. The standard InChI is InChI=1S/C19H25NO/c1-14(20-13-15-9-11-17(21)12-10-15)18-8-4-6-16-5-2-3-7-19(16)18/h2-8,14-15,17,20-21H,9-13H2,1H3. The molecule has 1 aliphatic carbocycles. The number of rotatable bonds is 4. The fourth-order valence-electron chi connectivity index (χ4n) is 3.43. The Bertz CT molecular complexity index is 582. The molecule has 2 aromatic rings. The van der Waals surface area contributed by atoms with Crippen molar-refractivity contribution in [3.05, 3.63) is 48.0 Å². The van der Waals surface area contributed by atoms with Gasteiger partial charge >= 0.3 is 0 Å². The average Bonchev–Trinajstić information content (AvgIpc) is 2.53. The van der Waals surface area contributed by atoms with Crippen molar-refractivity contribution in [1.82, 2.24) is 5.32 Å². The van der Waals surface area contributed by atoms with Crippen molar-refractivity contribution in [1.29, 1.82) is 0 Å². The van der Waals surface area contributed by atoms with Crippen molar-refractivity contribution in [2.75, 3.05) is 6.54 Å². The number of hydrogen-bond acceptors (Lipinski definition) is 2. The zero-order valence-electron chi connectivity index (χ0n) is 12.8. The highest BCUT2D eigenvalue weighted by Gasteiger charge is 2.20. The minimum atomic E-state index is -0.0586. The van der Waals surface area contributed by atoms with Gasteiger partial charge in [0.05, 0.1) is 6.10 Å². The van der Waals surface area contributed by atoms with Gasteiger partial charge in [-0.3, -0.25) is 0 Å². The van der Waals surface area contributed by atoms with Crippen molar-refractivity contribution in [2.45, 2.75) is 44.8 Å². The third kappa shape index (κ3) is 3.45. The molecule has 1 saturated carbocycles. The number of aliphatic hydroxyl groups excluding tert-OH is 1. The van der Waals surface area contributed by atoms with Gasteiger partial charge in [0.15, 0.2) is 0 Å². The quantitative estimate of drug-likeness (QED) is 0.887. The van der Waals surface area contributed by atoms with Gasteiger partial charge in [-0.05, 0) is 61.4 Å². The Kier molecular flexibility index (Phi) is 4.57. The van der Waals surface area contributed by atoms with Crippen molar-refractivity contribution in [3.63, 3.8) is 0 Å². The predicted molar refractivity (Wildman–Crippen MR) is 88.3 cm³/mol. The van der Waals surface area contributed by atoms with Crippen LogP contribution < -0.4 is 5.32 Å². The van der Waals surface area contributed by atoms with Crippen LogP contribution in [0.3, 0.4) is 0 Å². The molecule has 2 nitrogen and oxygen atoms in total. The molecule has 2 aromatic carbocycles. The van der Waals surface area contributed by atoms with Gasteiger partial charge in [-0.2, -0.15) is 0 Å². The Morgan fingerprint density at radius 2 is 1.76 bits per heavy atom. The Labute approximate surface area is 127 Å². The van der Waals surface area contributed by atoms with E-state index in [4.69, 9.17) is 0 Å². The van der Waals surface area contributed by atoms with Crippen LogP contribution in [0.1, 0.15) is 44.2 Å². The normalized spacial score (nSPS) is 24.1. The van der Waals surface area contributed by atoms with Gasteiger partial charge in [0, 0.05) is 6.04 Å². The minimum Gasteiger partial charge on any atom is -0.393 e. The van der Waals surface area contributed by atoms with Crippen LogP contribution in [-0.4, -0.2) is 17.8 Å². The van der Waals surface area contributed by atoms with E-state index in [2.05, 4.69) is 54.7 Å². The molecule has 0 spiro atoms. The summed E-state index contributed by atoms with van der Waals surface area (Å²) in [7, 11) is 0. The topological polar surface area (TPSA) is 32.3 Å². The van der Waals surface area contributed by atoms with Crippen molar-refractivity contribution >= 4 is 10.8 Å². The molecule has 0 saturated heterocycles. The van der Waals surface area contributed by atoms with Crippen molar-refractivity contribution < 1.29 is 5.11 Å². The summed E-state index contributed by atoms with van der Waals surface area (Å²) < 4.78 is 0. The number of aliphatic hydroxyl groups is 1. The maximum absolute atomic E-state index is 9.58. The van der Waals surface area contributed by atoms with Crippen LogP contribution in [-0.2, 0) is 0 Å². The molecular formula is C19H25NO. The first-order valence-electron chi connectivity index (χ1n) is 8.13. The third-order valence-corrected chi connectivity index (χ3v) is 4.82. The molecule has 1 atom stereocenters. The molecule has 112 valence electrons. The van der Waals surface area contributed by atoms with Gasteiger partial charge in [0.25, 0.3) is 0 Å². The summed E-state index contributed by atoms with van der Waals surface area (Å²) in [5.41, 5.74) is 1.38. The van der Waals surface area contributed by atoms with E-state index >= 15 is 0 Å². The zero-order chi connectivity index (χ0) is 14.7. The average molecular weight is 283 g/mol. The fraction of sp³-hybridized carbons (Fsp3) is 0.474. The van der Waals surface area contributed by atoms with E-state index in [1.54, 1.807) is 0 Å². The number of fused-ring (bicyclic) bond motifs is 1. The van der Waals surface area contributed by atoms with Crippen LogP contribution in [0.4, 0.5) is 0 Å².